The van der Waals surface area contributed by atoms with Crippen LogP contribution in [0.5, 0.6) is 0 Å². The van der Waals surface area contributed by atoms with E-state index in [1.807, 2.05) is 58.0 Å². The molecule has 704 valence electrons. The van der Waals surface area contributed by atoms with Gasteiger partial charge >= 0.3 is 40.3 Å². The summed E-state index contributed by atoms with van der Waals surface area (Å²) in [5.74, 6) is -2.59. The van der Waals surface area contributed by atoms with E-state index in [1.54, 1.807) is 135 Å². The number of hydrogen-bond acceptors (Lipinski definition) is 30. The summed E-state index contributed by atoms with van der Waals surface area (Å²) in [4.78, 5) is 94.3. The Hall–Kier alpha value is -5.80. The molecule has 9 amide bonds. The third kappa shape index (κ3) is 180. The number of amides is 9. The van der Waals surface area contributed by atoms with E-state index >= 15 is 0 Å². The summed E-state index contributed by atoms with van der Waals surface area (Å²) < 4.78 is 134. The van der Waals surface area contributed by atoms with Gasteiger partial charge in [-0.3, -0.25) is 32.3 Å². The van der Waals surface area contributed by atoms with Crippen LogP contribution in [0.2, 0.25) is 0 Å². The molecule has 0 rings (SSSR count). The number of carbonyl (C=O) groups excluding carboxylic acids is 9. The number of nitrogens with one attached hydrogen (secondary N) is 22. The molecule has 0 aromatic rings. The zero-order valence-corrected chi connectivity index (χ0v) is 85.1. The Morgan fingerprint density at radius 2 is 0.810 bits per heavy atom. The Morgan fingerprint density at radius 1 is 0.414 bits per heavy atom. The van der Waals surface area contributed by atoms with Crippen molar-refractivity contribution in [1.82, 2.24) is 131 Å². The van der Waals surface area contributed by atoms with Gasteiger partial charge in [-0.1, -0.05) is 36.2 Å². The smallest absolute Gasteiger partial charge is 0.406 e. The van der Waals surface area contributed by atoms with Crippen molar-refractivity contribution >= 4 is 227 Å². The average Bonchev–Trinajstić information content (AvgIpc) is 0.921. The Labute approximate surface area is 735 Å². The highest BCUT2D eigenvalue weighted by atomic mass is 32.2. The molecule has 0 aromatic heterocycles. The van der Waals surface area contributed by atoms with Gasteiger partial charge in [-0.05, 0) is 84.3 Å². The van der Waals surface area contributed by atoms with Crippen molar-refractivity contribution in [2.75, 3.05) is 259 Å². The SMILES string of the molecule is CNC(=O)C(=O)OC.CNC(=O)C(C)=O.CNC(=O)N(C)C.CNC(=O)NC.CNC(=O)OC.CNC(=O)SC.CNC(=S)N(C)C.CNC(=S)NC.CNC(=S)OC.CNC(=S)SC.CNC(C)=O.CNC(C)=S.CNS(=O)(=O)N(C)C.CNS(=O)(=O)NC.CNS(=O)(=O)OC.CNS(=O)N(C)C.CNS(=O)NC.CNS(=O)OC. The maximum atomic E-state index is 10.5. The van der Waals surface area contributed by atoms with Crippen LogP contribution in [0.3, 0.4) is 0 Å². The second kappa shape index (κ2) is 118. The summed E-state index contributed by atoms with van der Waals surface area (Å²) >= 11 is 22.7. The molecule has 0 saturated carbocycles. The van der Waals surface area contributed by atoms with Crippen LogP contribution >= 0.6 is 84.6 Å². The van der Waals surface area contributed by atoms with E-state index in [0.29, 0.717) is 10.3 Å². The predicted octanol–water partition coefficient (Wildman–Crippen LogP) is -6.06. The second-order valence-electron chi connectivity index (χ2n) is 17.1. The van der Waals surface area contributed by atoms with Gasteiger partial charge in [0.05, 0.1) is 40.5 Å². The first kappa shape index (κ1) is 155. The van der Waals surface area contributed by atoms with Crippen LogP contribution in [-0.2, 0) is 111 Å². The van der Waals surface area contributed by atoms with Gasteiger partial charge in [0.1, 0.15) is 4.32 Å². The molecule has 0 bridgehead atoms. The molecule has 62 heteroatoms. The molecule has 2 unspecified atom stereocenters. The standard InChI is InChI=1S/C4H10N2O.C4H10N2S.C4H7NO3.C4H7NO2.C3H10N2O2S.C3H10N2OS.C3H8N2O.C3H8N2S.C3H7NO2.2C3H7NOS.C3H7NO.C3H7NS2.C3H7NS.C2H8N2O2S.C2H8N2OS.C2H7NO3S.C2H7NO2S/c2*1-5-4(7)6(2)3;1-5-3(6)4(7)8-2;1-3(6)4(7)5-2;1-4-8(6,7)5(2)3;1-4-7(6)5(2)3;2*1-4-3(6)5-2;2*1-4-3(5)6-2;1-4-3(6)5-2;1-3(5)4-2;1-4-3(5)6-2;1-3(5)4-2;1-3-7(5,6)4-2;1-3-6(5)4-2;1-3-7(4,5)6-2;1-3-6(4)5-2/h2*1-3H3,(H,5,7);1-2H3,(H,5,6);1-2H3,(H,5,7);4H,1-3H3;4H,1-3H3;2*1-2H3,(H2,4,5,6);2*1-2H3,(H,4,5);1-2H3,(H,4,6);1-2H3,(H,4,5);1-2H3,(H,4,5);1-2H3,(H,4,5);3-4H,1-2H3;3-4H,1-2H3;3H,1-2H3;3H,1-2H3. The maximum Gasteiger partial charge on any atom is 0.406 e. The van der Waals surface area contributed by atoms with Gasteiger partial charge in [0.25, 0.3) is 36.7 Å². The molecule has 49 nitrogen and oxygen atoms in total. The van der Waals surface area contributed by atoms with E-state index in [2.05, 4.69) is 167 Å². The van der Waals surface area contributed by atoms with E-state index in [0.717, 1.165) is 32.9 Å². The third-order valence-electron chi connectivity index (χ3n) is 8.50. The van der Waals surface area contributed by atoms with Crippen molar-refractivity contribution in [2.24, 2.45) is 0 Å². The number of ether oxygens (including phenoxy) is 3. The molecule has 116 heavy (non-hydrogen) atoms. The number of Topliss-reactive ketones (excluding diaryl/α,β-unsaturated/α-hetero) is 1. The van der Waals surface area contributed by atoms with Gasteiger partial charge in [0, 0.05) is 197 Å². The number of carbonyl (C=O) groups is 9. The van der Waals surface area contributed by atoms with Gasteiger partial charge in [0.15, 0.2) is 32.6 Å². The first-order chi connectivity index (χ1) is 53.2. The fourth-order valence-electron chi connectivity index (χ4n) is 2.21. The maximum absolute atomic E-state index is 10.5. The number of urea groups is 2. The highest BCUT2D eigenvalue weighted by molar-refractivity contribution is 8.22. The predicted molar refractivity (Wildman–Crippen MR) is 494 cm³/mol. The summed E-state index contributed by atoms with van der Waals surface area (Å²) in [5.41, 5.74) is 0. The number of hydrogen-bond donors (Lipinski definition) is 22. The Bertz CT molecular complexity index is 2530. The number of thiocarbonyl (C=S) groups is 5. The average molecular weight is 1940 g/mol. The summed E-state index contributed by atoms with van der Waals surface area (Å²) in [7, 11) is 45.0. The van der Waals surface area contributed by atoms with Crippen molar-refractivity contribution in [3.8, 4) is 0 Å². The molecule has 2 atom stereocenters. The minimum Gasteiger partial charge on any atom is -0.474 e. The Kier molecular flexibility index (Phi) is 157. The fraction of sp³-hybridized carbons (Fsp3) is 0.741. The monoisotopic (exact) mass is 1940 g/mol. The lowest BCUT2D eigenvalue weighted by atomic mass is 10.4. The molecule has 0 radical (unpaired) electrons. The second-order valence-corrected chi connectivity index (χ2v) is 30.9. The van der Waals surface area contributed by atoms with Crippen LogP contribution in [0.1, 0.15) is 20.8 Å². The van der Waals surface area contributed by atoms with Crippen LogP contribution < -0.4 is 112 Å². The lowest BCUT2D eigenvalue weighted by molar-refractivity contribution is -0.152. The zero-order chi connectivity index (χ0) is 97.1. The van der Waals surface area contributed by atoms with Crippen molar-refractivity contribution in [3.63, 3.8) is 0 Å². The van der Waals surface area contributed by atoms with Crippen molar-refractivity contribution in [2.45, 2.75) is 20.8 Å². The molecule has 0 fully saturated rings. The number of ketones is 1. The number of alkyl carbamates (subject to hydrolysis) is 1. The van der Waals surface area contributed by atoms with Gasteiger partial charge in [-0.2, -0.15) is 34.3 Å². The van der Waals surface area contributed by atoms with Crippen LogP contribution in [0, 0.1) is 0 Å². The van der Waals surface area contributed by atoms with Crippen LogP contribution in [0.25, 0.3) is 0 Å². The summed E-state index contributed by atoms with van der Waals surface area (Å²) in [6, 6.07) is -0.227. The third-order valence-corrected chi connectivity index (χ3v) is 17.8. The quantitative estimate of drug-likeness (QED) is 0.0464. The van der Waals surface area contributed by atoms with E-state index in [4.69, 9.17) is 24.4 Å². The van der Waals surface area contributed by atoms with Crippen LogP contribution in [0.15, 0.2) is 0 Å². The van der Waals surface area contributed by atoms with Crippen molar-refractivity contribution in [3.05, 3.63) is 0 Å². The topological polar surface area (TPSA) is 631 Å². The normalized spacial score (nSPS) is 9.20. The number of esters is 1. The van der Waals surface area contributed by atoms with Crippen molar-refractivity contribution < 1.29 is 104 Å². The zero-order valence-electron chi connectivity index (χ0n) is 74.5. The number of nitrogens with zero attached hydrogens (tertiary/aromatic N) is 4. The molecule has 0 aliphatic rings. The number of likely N-dealkylation sites (N-methyl/N-ethyl adjacent to an activating group) is 2. The fourth-order valence-corrected chi connectivity index (χ4v) is 4.09. The van der Waals surface area contributed by atoms with E-state index in [1.165, 1.54) is 115 Å². The molecule has 0 aliphatic carbocycles. The van der Waals surface area contributed by atoms with Crippen LogP contribution in [-0.4, -0.2) is 393 Å². The van der Waals surface area contributed by atoms with Gasteiger partial charge in [-0.15, -0.1) is 11.8 Å². The van der Waals surface area contributed by atoms with Gasteiger partial charge in [-0.25, -0.2) is 69.2 Å². The molecule has 0 saturated heterocycles. The number of methoxy groups -OCH3 is 3. The summed E-state index contributed by atoms with van der Waals surface area (Å²) in [5, 5.41) is 36.9. The molecule has 0 aliphatic heterocycles. The molecule has 22 N–H and O–H groups in total. The Balaban J connectivity index is -0.0000000549. The highest BCUT2D eigenvalue weighted by Crippen LogP contribution is 1.90. The van der Waals surface area contributed by atoms with E-state index < -0.39 is 94.0 Å². The van der Waals surface area contributed by atoms with Crippen LogP contribution in [0.4, 0.5) is 19.2 Å². The summed E-state index contributed by atoms with van der Waals surface area (Å²) in [6.07, 6.45) is 3.27. The Morgan fingerprint density at radius 3 is 0.819 bits per heavy atom. The molecular weight excluding hydrogens is 1800 g/mol. The van der Waals surface area contributed by atoms with Gasteiger partial charge < -0.3 is 98.4 Å². The van der Waals surface area contributed by atoms with E-state index in [-0.39, 0.29) is 23.2 Å². The lowest BCUT2D eigenvalue weighted by Crippen LogP contribution is -2.32. The lowest BCUT2D eigenvalue weighted by Gasteiger charge is -2.11. The first-order valence-electron chi connectivity index (χ1n) is 31.1. The molecule has 0 aromatic carbocycles. The minimum absolute atomic E-state index is 0.00463. The number of thioether (sulfide) groups is 2. The van der Waals surface area contributed by atoms with Crippen molar-refractivity contribution in [1.29, 1.82) is 0 Å². The molecule has 0 heterocycles. The largest absolute Gasteiger partial charge is 0.474 e. The minimum atomic E-state index is -3.41. The molecular formula is C54H142N26O23S13. The van der Waals surface area contributed by atoms with Gasteiger partial charge in [0.2, 0.25) is 23.0 Å². The summed E-state index contributed by atoms with van der Waals surface area (Å²) in [6.45, 7) is 4.54. The number of rotatable bonds is 13. The molecule has 0 spiro atoms. The highest BCUT2D eigenvalue weighted by Gasteiger charge is 2.09. The van der Waals surface area contributed by atoms with E-state index in [9.17, 15) is 81.0 Å². The first-order valence-corrected chi connectivity index (χ1v) is 43.2.